The van der Waals surface area contributed by atoms with Crippen LogP contribution in [0.15, 0.2) is 18.3 Å². The quantitative estimate of drug-likeness (QED) is 0.687. The van der Waals surface area contributed by atoms with E-state index in [-0.39, 0.29) is 0 Å². The van der Waals surface area contributed by atoms with Gasteiger partial charge < -0.3 is 9.64 Å². The molecule has 1 aliphatic rings. The molecule has 0 radical (unpaired) electrons. The number of ether oxygens (including phenoxy) is 1. The van der Waals surface area contributed by atoms with Gasteiger partial charge in [0.25, 0.3) is 0 Å². The first-order chi connectivity index (χ1) is 7.40. The first-order valence-electron chi connectivity index (χ1n) is 5.09. The van der Waals surface area contributed by atoms with E-state index < -0.39 is 0 Å². The molecule has 0 amide bonds. The van der Waals surface area contributed by atoms with Crippen molar-refractivity contribution in [3.63, 3.8) is 0 Å². The fraction of sp³-hybridized carbons (Fsp3) is 0.455. The van der Waals surface area contributed by atoms with Gasteiger partial charge in [-0.2, -0.15) is 5.26 Å². The predicted molar refractivity (Wildman–Crippen MR) is 56.6 cm³/mol. The van der Waals surface area contributed by atoms with Gasteiger partial charge in [0.2, 0.25) is 0 Å². The normalized spacial score (nSPS) is 16.9. The highest BCUT2D eigenvalue weighted by atomic mass is 16.5. The second-order valence-electron chi connectivity index (χ2n) is 3.47. The standard InChI is InChI=1S/C11H13N3O/c12-8-10-2-3-11(9-13-10)14-4-1-6-15-7-5-14/h2-3,9H,1,4-7H2. The van der Waals surface area contributed by atoms with Crippen LogP contribution in [0.1, 0.15) is 12.1 Å². The molecule has 0 aliphatic carbocycles. The van der Waals surface area contributed by atoms with E-state index >= 15 is 0 Å². The third kappa shape index (κ3) is 2.45. The Morgan fingerprint density at radius 1 is 1.33 bits per heavy atom. The Morgan fingerprint density at radius 2 is 2.27 bits per heavy atom. The second kappa shape index (κ2) is 4.76. The molecule has 1 aliphatic heterocycles. The molecule has 0 spiro atoms. The van der Waals surface area contributed by atoms with Crippen molar-refractivity contribution in [3.05, 3.63) is 24.0 Å². The molecule has 4 nitrogen and oxygen atoms in total. The molecular formula is C11H13N3O. The number of pyridine rings is 1. The molecule has 1 aromatic heterocycles. The fourth-order valence-electron chi connectivity index (χ4n) is 1.64. The summed E-state index contributed by atoms with van der Waals surface area (Å²) in [6.45, 7) is 3.49. The summed E-state index contributed by atoms with van der Waals surface area (Å²) in [7, 11) is 0. The van der Waals surface area contributed by atoms with Crippen LogP contribution in [0.2, 0.25) is 0 Å². The van der Waals surface area contributed by atoms with Gasteiger partial charge in [0.1, 0.15) is 11.8 Å². The van der Waals surface area contributed by atoms with Crippen LogP contribution < -0.4 is 4.90 Å². The first-order valence-corrected chi connectivity index (χ1v) is 5.09. The number of hydrogen-bond donors (Lipinski definition) is 0. The molecule has 0 saturated carbocycles. The van der Waals surface area contributed by atoms with Gasteiger partial charge >= 0.3 is 0 Å². The van der Waals surface area contributed by atoms with Crippen molar-refractivity contribution in [3.8, 4) is 6.07 Å². The Bertz CT molecular complexity index is 347. The topological polar surface area (TPSA) is 49.2 Å². The van der Waals surface area contributed by atoms with Gasteiger partial charge in [0.05, 0.1) is 18.5 Å². The van der Waals surface area contributed by atoms with Crippen molar-refractivity contribution < 1.29 is 4.74 Å². The van der Waals surface area contributed by atoms with E-state index in [0.29, 0.717) is 5.69 Å². The van der Waals surface area contributed by atoms with E-state index in [0.717, 1.165) is 38.4 Å². The summed E-state index contributed by atoms with van der Waals surface area (Å²) in [5.41, 5.74) is 1.53. The van der Waals surface area contributed by atoms with Crippen LogP contribution in [0.4, 0.5) is 5.69 Å². The zero-order valence-electron chi connectivity index (χ0n) is 8.52. The smallest absolute Gasteiger partial charge is 0.140 e. The van der Waals surface area contributed by atoms with Crippen molar-refractivity contribution in [2.24, 2.45) is 0 Å². The summed E-state index contributed by atoms with van der Waals surface area (Å²) in [6.07, 6.45) is 2.80. The second-order valence-corrected chi connectivity index (χ2v) is 3.47. The third-order valence-corrected chi connectivity index (χ3v) is 2.45. The van der Waals surface area contributed by atoms with Gasteiger partial charge in [-0.15, -0.1) is 0 Å². The molecule has 1 aromatic rings. The van der Waals surface area contributed by atoms with Crippen LogP contribution in [0, 0.1) is 11.3 Å². The van der Waals surface area contributed by atoms with Crippen LogP contribution in [0.5, 0.6) is 0 Å². The van der Waals surface area contributed by atoms with E-state index in [1.54, 1.807) is 12.3 Å². The maximum atomic E-state index is 8.64. The first kappa shape index (κ1) is 9.94. The molecule has 2 heterocycles. The van der Waals surface area contributed by atoms with Crippen LogP contribution >= 0.6 is 0 Å². The van der Waals surface area contributed by atoms with Crippen molar-refractivity contribution in [2.45, 2.75) is 6.42 Å². The van der Waals surface area contributed by atoms with Gasteiger partial charge in [0.15, 0.2) is 0 Å². The molecule has 0 atom stereocenters. The van der Waals surface area contributed by atoms with Gasteiger partial charge in [-0.25, -0.2) is 4.98 Å². The van der Waals surface area contributed by atoms with Gasteiger partial charge in [0, 0.05) is 19.7 Å². The van der Waals surface area contributed by atoms with Crippen LogP contribution in [0.25, 0.3) is 0 Å². The van der Waals surface area contributed by atoms with Crippen molar-refractivity contribution in [1.82, 2.24) is 4.98 Å². The number of rotatable bonds is 1. The molecule has 0 bridgehead atoms. The minimum absolute atomic E-state index is 0.463. The van der Waals surface area contributed by atoms with Crippen molar-refractivity contribution in [2.75, 3.05) is 31.2 Å². The Labute approximate surface area is 89.1 Å². The van der Waals surface area contributed by atoms with Crippen LogP contribution in [-0.2, 0) is 4.74 Å². The number of hydrogen-bond acceptors (Lipinski definition) is 4. The molecule has 1 fully saturated rings. The molecule has 4 heteroatoms. The number of aromatic nitrogens is 1. The van der Waals surface area contributed by atoms with Crippen LogP contribution in [0.3, 0.4) is 0 Å². The lowest BCUT2D eigenvalue weighted by molar-refractivity contribution is 0.152. The van der Waals surface area contributed by atoms with E-state index in [2.05, 4.69) is 9.88 Å². The lowest BCUT2D eigenvalue weighted by Crippen LogP contribution is -2.25. The van der Waals surface area contributed by atoms with Gasteiger partial charge in [-0.05, 0) is 18.6 Å². The summed E-state index contributed by atoms with van der Waals surface area (Å²) in [4.78, 5) is 6.30. The van der Waals surface area contributed by atoms with Gasteiger partial charge in [-0.1, -0.05) is 0 Å². The van der Waals surface area contributed by atoms with E-state index in [1.807, 2.05) is 12.1 Å². The zero-order chi connectivity index (χ0) is 10.5. The summed E-state index contributed by atoms with van der Waals surface area (Å²) in [5, 5.41) is 8.64. The van der Waals surface area contributed by atoms with Gasteiger partial charge in [-0.3, -0.25) is 0 Å². The SMILES string of the molecule is N#Cc1ccc(N2CCCOCC2)cn1. The molecule has 0 aromatic carbocycles. The Kier molecular flexibility index (Phi) is 3.15. The monoisotopic (exact) mass is 203 g/mol. The number of anilines is 1. The lowest BCUT2D eigenvalue weighted by atomic mass is 10.3. The van der Waals surface area contributed by atoms with Crippen LogP contribution in [-0.4, -0.2) is 31.3 Å². The number of nitrogens with zero attached hydrogens (tertiary/aromatic N) is 3. The molecule has 78 valence electrons. The Balaban J connectivity index is 2.10. The highest BCUT2D eigenvalue weighted by Gasteiger charge is 2.09. The molecule has 0 N–H and O–H groups in total. The highest BCUT2D eigenvalue weighted by molar-refractivity contribution is 5.45. The summed E-state index contributed by atoms with van der Waals surface area (Å²) in [6, 6.07) is 5.71. The fourth-order valence-corrected chi connectivity index (χ4v) is 1.64. The number of nitriles is 1. The summed E-state index contributed by atoms with van der Waals surface area (Å²) < 4.78 is 5.38. The molecule has 0 unspecified atom stereocenters. The summed E-state index contributed by atoms with van der Waals surface area (Å²) in [5.74, 6) is 0. The maximum Gasteiger partial charge on any atom is 0.140 e. The minimum Gasteiger partial charge on any atom is -0.380 e. The van der Waals surface area contributed by atoms with Crippen molar-refractivity contribution in [1.29, 1.82) is 5.26 Å². The van der Waals surface area contributed by atoms with E-state index in [9.17, 15) is 0 Å². The van der Waals surface area contributed by atoms with E-state index in [1.165, 1.54) is 0 Å². The van der Waals surface area contributed by atoms with Crippen molar-refractivity contribution >= 4 is 5.69 Å². The molecule has 2 rings (SSSR count). The summed E-state index contributed by atoms with van der Waals surface area (Å²) >= 11 is 0. The minimum atomic E-state index is 0.463. The lowest BCUT2D eigenvalue weighted by Gasteiger charge is -2.21. The van der Waals surface area contributed by atoms with E-state index in [4.69, 9.17) is 10.00 Å². The average Bonchev–Trinajstić information content (AvgIpc) is 2.58. The Hall–Kier alpha value is -1.60. The highest BCUT2D eigenvalue weighted by Crippen LogP contribution is 2.14. The largest absolute Gasteiger partial charge is 0.380 e. The third-order valence-electron chi connectivity index (χ3n) is 2.45. The molecule has 15 heavy (non-hydrogen) atoms. The molecule has 1 saturated heterocycles. The predicted octanol–water partition coefficient (Wildman–Crippen LogP) is 1.18. The zero-order valence-corrected chi connectivity index (χ0v) is 8.52. The Morgan fingerprint density at radius 3 is 3.00 bits per heavy atom. The molecular weight excluding hydrogens is 190 g/mol. The average molecular weight is 203 g/mol. The maximum absolute atomic E-state index is 8.64.